The van der Waals surface area contributed by atoms with E-state index in [-0.39, 0.29) is 18.1 Å². The first-order chi connectivity index (χ1) is 18.9. The third-order valence-electron chi connectivity index (χ3n) is 8.93. The van der Waals surface area contributed by atoms with Crippen molar-refractivity contribution in [1.29, 1.82) is 0 Å². The van der Waals surface area contributed by atoms with Gasteiger partial charge in [-0.05, 0) is 76.8 Å². The predicted molar refractivity (Wildman–Crippen MR) is 151 cm³/mol. The van der Waals surface area contributed by atoms with Crippen molar-refractivity contribution in [2.24, 2.45) is 13.0 Å². The summed E-state index contributed by atoms with van der Waals surface area (Å²) in [6.07, 6.45) is 8.51. The van der Waals surface area contributed by atoms with Crippen LogP contribution >= 0.6 is 0 Å². The van der Waals surface area contributed by atoms with E-state index in [2.05, 4.69) is 28.2 Å². The number of hydrogen-bond donors (Lipinski definition) is 1. The molecular weight excluding hydrogens is 492 g/mol. The summed E-state index contributed by atoms with van der Waals surface area (Å²) in [4.78, 5) is 17.8. The van der Waals surface area contributed by atoms with E-state index in [1.807, 2.05) is 41.4 Å². The van der Waals surface area contributed by atoms with E-state index in [0.717, 1.165) is 69.3 Å². The van der Waals surface area contributed by atoms with Gasteiger partial charge in [-0.2, -0.15) is 10.2 Å². The fourth-order valence-corrected chi connectivity index (χ4v) is 6.94. The second kappa shape index (κ2) is 10.9. The highest BCUT2D eigenvalue weighted by atomic mass is 16.5. The van der Waals surface area contributed by atoms with Gasteiger partial charge < -0.3 is 19.6 Å². The Labute approximate surface area is 230 Å². The van der Waals surface area contributed by atoms with Crippen LogP contribution in [0, 0.1) is 5.92 Å². The van der Waals surface area contributed by atoms with Crippen molar-refractivity contribution >= 4 is 22.5 Å². The van der Waals surface area contributed by atoms with Crippen LogP contribution in [-0.4, -0.2) is 80.0 Å². The fourth-order valence-electron chi connectivity index (χ4n) is 6.94. The number of aromatic nitrogens is 4. The quantitative estimate of drug-likeness (QED) is 0.499. The summed E-state index contributed by atoms with van der Waals surface area (Å²) in [5, 5.41) is 21.4. The summed E-state index contributed by atoms with van der Waals surface area (Å²) in [7, 11) is 1.99. The largest absolute Gasteiger partial charge is 0.391 e. The van der Waals surface area contributed by atoms with Gasteiger partial charge in [-0.15, -0.1) is 0 Å². The van der Waals surface area contributed by atoms with Gasteiger partial charge in [0.25, 0.3) is 5.91 Å². The molecule has 9 heteroatoms. The molecule has 0 saturated carbocycles. The molecule has 1 unspecified atom stereocenters. The van der Waals surface area contributed by atoms with Crippen molar-refractivity contribution in [2.45, 2.75) is 83.6 Å². The Kier molecular flexibility index (Phi) is 7.37. The Balaban J connectivity index is 1.04. The van der Waals surface area contributed by atoms with E-state index < -0.39 is 6.10 Å². The lowest BCUT2D eigenvalue weighted by atomic mass is 9.90. The van der Waals surface area contributed by atoms with Gasteiger partial charge in [-0.1, -0.05) is 6.07 Å². The number of nitrogens with zero attached hydrogens (tertiary/aromatic N) is 6. The average molecular weight is 535 g/mol. The van der Waals surface area contributed by atoms with Gasteiger partial charge in [0.1, 0.15) is 0 Å². The number of carbonyl (C=O) groups is 1. The van der Waals surface area contributed by atoms with Gasteiger partial charge >= 0.3 is 0 Å². The molecule has 1 aromatic carbocycles. The second-order valence-electron chi connectivity index (χ2n) is 11.9. The molecule has 9 nitrogen and oxygen atoms in total. The lowest BCUT2D eigenvalue weighted by Crippen LogP contribution is -2.48. The molecule has 0 bridgehead atoms. The molecule has 1 amide bonds. The van der Waals surface area contributed by atoms with Crippen molar-refractivity contribution < 1.29 is 14.6 Å². The number of carbonyl (C=O) groups excluding carboxylic acids is 1. The number of ether oxygens (including phenoxy) is 1. The molecule has 210 valence electrons. The van der Waals surface area contributed by atoms with Crippen molar-refractivity contribution in [2.75, 3.05) is 31.1 Å². The van der Waals surface area contributed by atoms with E-state index in [9.17, 15) is 9.90 Å². The van der Waals surface area contributed by atoms with E-state index in [4.69, 9.17) is 9.84 Å². The third kappa shape index (κ3) is 5.31. The first-order valence-electron chi connectivity index (χ1n) is 14.7. The van der Waals surface area contributed by atoms with Crippen LogP contribution in [0.15, 0.2) is 24.4 Å². The normalized spacial score (nSPS) is 23.0. The number of anilines is 1. The monoisotopic (exact) mass is 534 g/mol. The third-order valence-corrected chi connectivity index (χ3v) is 8.93. The maximum absolute atomic E-state index is 13.4. The molecule has 0 spiro atoms. The lowest BCUT2D eigenvalue weighted by Gasteiger charge is -2.35. The van der Waals surface area contributed by atoms with Gasteiger partial charge in [0.05, 0.1) is 36.6 Å². The number of piperidine rings is 1. The zero-order chi connectivity index (χ0) is 27.1. The molecule has 2 aliphatic heterocycles. The summed E-state index contributed by atoms with van der Waals surface area (Å²) in [5.41, 5.74) is 5.27. The van der Waals surface area contributed by atoms with Crippen molar-refractivity contribution in [1.82, 2.24) is 24.5 Å². The van der Waals surface area contributed by atoms with Gasteiger partial charge in [-0.25, -0.2) is 0 Å². The second-order valence-corrected chi connectivity index (χ2v) is 11.9. The number of aliphatic hydroxyl groups is 1. The standard InChI is InChI=1S/C30H42N6O3/c1-20-17-35(18-21(2)39-20)30(38)29-24-6-4-9-28(24)36(32-29)19-23(37)11-10-22-12-14-34(15-13-22)27-8-5-7-26-25(27)16-31-33(26)3/h5,7-8,16,20-23,37H,4,6,9-15,17-19H2,1-3H3/t20-,21+,23?. The van der Waals surface area contributed by atoms with Crippen LogP contribution in [0.2, 0.25) is 0 Å². The summed E-state index contributed by atoms with van der Waals surface area (Å²) < 4.78 is 9.69. The number of fused-ring (bicyclic) bond motifs is 2. The van der Waals surface area contributed by atoms with E-state index in [1.165, 1.54) is 16.6 Å². The molecular formula is C30H42N6O3. The zero-order valence-corrected chi connectivity index (χ0v) is 23.6. The van der Waals surface area contributed by atoms with Crippen LogP contribution in [0.1, 0.15) is 67.7 Å². The highest BCUT2D eigenvalue weighted by molar-refractivity contribution is 5.94. The van der Waals surface area contributed by atoms with Crippen LogP contribution in [-0.2, 0) is 31.2 Å². The van der Waals surface area contributed by atoms with E-state index in [0.29, 0.717) is 31.2 Å². The van der Waals surface area contributed by atoms with Crippen molar-refractivity contribution in [3.05, 3.63) is 41.3 Å². The maximum atomic E-state index is 13.4. The molecule has 6 rings (SSSR count). The molecule has 1 N–H and O–H groups in total. The SMILES string of the molecule is C[C@@H]1CN(C(=O)c2nn(CC(O)CCC3CCN(c4cccc5c4cnn5C)CC3)c3c2CCC3)C[C@H](C)O1. The number of morpholine rings is 1. The summed E-state index contributed by atoms with van der Waals surface area (Å²) in [5.74, 6) is 0.631. The van der Waals surface area contributed by atoms with E-state index in [1.54, 1.807) is 0 Å². The zero-order valence-electron chi connectivity index (χ0n) is 23.6. The molecule has 4 heterocycles. The molecule has 2 saturated heterocycles. The maximum Gasteiger partial charge on any atom is 0.274 e. The Morgan fingerprint density at radius 3 is 2.69 bits per heavy atom. The van der Waals surface area contributed by atoms with Gasteiger partial charge in [0.2, 0.25) is 0 Å². The fraction of sp³-hybridized carbons (Fsp3) is 0.633. The summed E-state index contributed by atoms with van der Waals surface area (Å²) in [6.45, 7) is 7.76. The van der Waals surface area contributed by atoms with Gasteiger partial charge in [0, 0.05) is 55.6 Å². The van der Waals surface area contributed by atoms with Crippen LogP contribution < -0.4 is 4.90 Å². The summed E-state index contributed by atoms with van der Waals surface area (Å²) >= 11 is 0. The average Bonchev–Trinajstić information content (AvgIpc) is 3.64. The lowest BCUT2D eigenvalue weighted by molar-refractivity contribution is -0.0587. The van der Waals surface area contributed by atoms with Gasteiger partial charge in [-0.3, -0.25) is 14.2 Å². The minimum absolute atomic E-state index is 0.0112. The number of amides is 1. The van der Waals surface area contributed by atoms with Crippen molar-refractivity contribution in [3.63, 3.8) is 0 Å². The molecule has 0 radical (unpaired) electrons. The Morgan fingerprint density at radius 1 is 1.15 bits per heavy atom. The van der Waals surface area contributed by atoms with Crippen LogP contribution in [0.5, 0.6) is 0 Å². The Morgan fingerprint density at radius 2 is 1.92 bits per heavy atom. The number of aryl methyl sites for hydroxylation is 1. The first-order valence-corrected chi connectivity index (χ1v) is 14.7. The molecule has 2 aromatic heterocycles. The molecule has 3 aliphatic rings. The topological polar surface area (TPSA) is 88.7 Å². The Hall–Kier alpha value is -2.91. The molecule has 2 fully saturated rings. The minimum atomic E-state index is -0.455. The summed E-state index contributed by atoms with van der Waals surface area (Å²) in [6, 6.07) is 6.45. The minimum Gasteiger partial charge on any atom is -0.391 e. The van der Waals surface area contributed by atoms with E-state index >= 15 is 0 Å². The van der Waals surface area contributed by atoms with Gasteiger partial charge in [0.15, 0.2) is 5.69 Å². The molecule has 1 aliphatic carbocycles. The van der Waals surface area contributed by atoms with Crippen LogP contribution in [0.3, 0.4) is 0 Å². The molecule has 39 heavy (non-hydrogen) atoms. The number of aliphatic hydroxyl groups excluding tert-OH is 1. The number of rotatable bonds is 7. The van der Waals surface area contributed by atoms with Crippen LogP contribution in [0.25, 0.3) is 10.9 Å². The number of benzene rings is 1. The highest BCUT2D eigenvalue weighted by Gasteiger charge is 2.33. The first kappa shape index (κ1) is 26.3. The number of hydrogen-bond acceptors (Lipinski definition) is 6. The van der Waals surface area contributed by atoms with Crippen molar-refractivity contribution in [3.8, 4) is 0 Å². The smallest absolute Gasteiger partial charge is 0.274 e. The Bertz CT molecular complexity index is 1310. The molecule has 3 atom stereocenters. The highest BCUT2D eigenvalue weighted by Crippen LogP contribution is 2.32. The molecule has 3 aromatic rings. The predicted octanol–water partition coefficient (Wildman–Crippen LogP) is 3.57. The van der Waals surface area contributed by atoms with Crippen LogP contribution in [0.4, 0.5) is 5.69 Å².